The summed E-state index contributed by atoms with van der Waals surface area (Å²) in [7, 11) is 0. The topological polar surface area (TPSA) is 26.3 Å². The largest absolute Gasteiger partial charge is 0.462 e. The summed E-state index contributed by atoms with van der Waals surface area (Å²) in [6, 6.07) is 0. The molecule has 1 fully saturated rings. The fourth-order valence-electron chi connectivity index (χ4n) is 2.23. The maximum atomic E-state index is 11.1. The van der Waals surface area contributed by atoms with Crippen molar-refractivity contribution >= 4 is 5.97 Å². The standard InChI is InChI=1S/C12H16O2/c1-2-11(13)14-12-9-7-5-3-4-6-8-10(9)12/h9-10,12H,2,5-8H2,1H3. The van der Waals surface area contributed by atoms with Crippen molar-refractivity contribution in [1.82, 2.24) is 0 Å². The van der Waals surface area contributed by atoms with E-state index in [4.69, 9.17) is 4.74 Å². The van der Waals surface area contributed by atoms with Gasteiger partial charge in [-0.15, -0.1) is 11.8 Å². The Morgan fingerprint density at radius 1 is 1.29 bits per heavy atom. The molecule has 0 heterocycles. The third-order valence-corrected chi connectivity index (χ3v) is 3.14. The number of hydrogen-bond donors (Lipinski definition) is 0. The number of rotatable bonds is 2. The highest BCUT2D eigenvalue weighted by molar-refractivity contribution is 5.69. The van der Waals surface area contributed by atoms with E-state index in [1.807, 2.05) is 6.92 Å². The van der Waals surface area contributed by atoms with Gasteiger partial charge in [-0.2, -0.15) is 0 Å². The monoisotopic (exact) mass is 192 g/mol. The van der Waals surface area contributed by atoms with Crippen LogP contribution in [-0.4, -0.2) is 12.1 Å². The first-order valence-corrected chi connectivity index (χ1v) is 5.48. The molecule has 2 aliphatic carbocycles. The van der Waals surface area contributed by atoms with Crippen molar-refractivity contribution < 1.29 is 9.53 Å². The fourth-order valence-corrected chi connectivity index (χ4v) is 2.23. The summed E-state index contributed by atoms with van der Waals surface area (Å²) in [6.07, 6.45) is 4.87. The highest BCUT2D eigenvalue weighted by Crippen LogP contribution is 2.48. The molecular formula is C12H16O2. The lowest BCUT2D eigenvalue weighted by atomic mass is 10.1. The van der Waals surface area contributed by atoms with Crippen LogP contribution in [0.3, 0.4) is 0 Å². The predicted molar refractivity (Wildman–Crippen MR) is 53.4 cm³/mol. The lowest BCUT2D eigenvalue weighted by Crippen LogP contribution is -2.06. The van der Waals surface area contributed by atoms with Gasteiger partial charge in [-0.25, -0.2) is 0 Å². The van der Waals surface area contributed by atoms with Crippen LogP contribution >= 0.6 is 0 Å². The molecule has 2 atom stereocenters. The average Bonchev–Trinajstić information content (AvgIpc) is 2.75. The molecule has 0 bridgehead atoms. The van der Waals surface area contributed by atoms with E-state index in [-0.39, 0.29) is 12.1 Å². The van der Waals surface area contributed by atoms with E-state index in [0.717, 1.165) is 25.7 Å². The number of ether oxygens (including phenoxy) is 1. The highest BCUT2D eigenvalue weighted by atomic mass is 16.5. The van der Waals surface area contributed by atoms with Crippen LogP contribution in [0.15, 0.2) is 0 Å². The molecule has 14 heavy (non-hydrogen) atoms. The summed E-state index contributed by atoms with van der Waals surface area (Å²) in [4.78, 5) is 11.1. The number of hydrogen-bond acceptors (Lipinski definition) is 2. The molecule has 2 unspecified atom stereocenters. The van der Waals surface area contributed by atoms with Crippen LogP contribution in [0.1, 0.15) is 39.0 Å². The van der Waals surface area contributed by atoms with E-state index in [9.17, 15) is 4.79 Å². The summed E-state index contributed by atoms with van der Waals surface area (Å²) >= 11 is 0. The third-order valence-electron chi connectivity index (χ3n) is 3.14. The summed E-state index contributed by atoms with van der Waals surface area (Å²) < 4.78 is 5.37. The van der Waals surface area contributed by atoms with E-state index in [1.165, 1.54) is 0 Å². The Hall–Kier alpha value is -0.970. The van der Waals surface area contributed by atoms with Crippen molar-refractivity contribution in [2.75, 3.05) is 0 Å². The van der Waals surface area contributed by atoms with Crippen molar-refractivity contribution in [2.45, 2.75) is 45.1 Å². The van der Waals surface area contributed by atoms with Crippen molar-refractivity contribution in [1.29, 1.82) is 0 Å². The van der Waals surface area contributed by atoms with Crippen LogP contribution < -0.4 is 0 Å². The second kappa shape index (κ2) is 4.04. The molecule has 2 nitrogen and oxygen atoms in total. The van der Waals surface area contributed by atoms with Gasteiger partial charge < -0.3 is 4.74 Å². The molecule has 0 amide bonds. The second-order valence-corrected chi connectivity index (χ2v) is 4.07. The number of carbonyl (C=O) groups is 1. The lowest BCUT2D eigenvalue weighted by Gasteiger charge is -2.00. The van der Waals surface area contributed by atoms with Crippen molar-refractivity contribution in [3.8, 4) is 11.8 Å². The van der Waals surface area contributed by atoms with Gasteiger partial charge in [-0.3, -0.25) is 4.79 Å². The lowest BCUT2D eigenvalue weighted by molar-refractivity contribution is -0.145. The molecule has 2 heteroatoms. The molecular weight excluding hydrogens is 176 g/mol. The van der Waals surface area contributed by atoms with Crippen LogP contribution in [0.5, 0.6) is 0 Å². The first kappa shape index (κ1) is 9.58. The molecule has 76 valence electrons. The zero-order valence-electron chi connectivity index (χ0n) is 8.58. The van der Waals surface area contributed by atoms with Crippen LogP contribution in [0, 0.1) is 23.7 Å². The number of carbonyl (C=O) groups excluding carboxylic acids is 1. The van der Waals surface area contributed by atoms with Gasteiger partial charge >= 0.3 is 5.97 Å². The minimum Gasteiger partial charge on any atom is -0.462 e. The smallest absolute Gasteiger partial charge is 0.305 e. The molecule has 0 aromatic rings. The molecule has 0 saturated heterocycles. The maximum absolute atomic E-state index is 11.1. The summed E-state index contributed by atoms with van der Waals surface area (Å²) in [5, 5.41) is 0. The van der Waals surface area contributed by atoms with Crippen LogP contribution in [0.25, 0.3) is 0 Å². The summed E-state index contributed by atoms with van der Waals surface area (Å²) in [5.74, 6) is 7.45. The first-order valence-electron chi connectivity index (χ1n) is 5.48. The van der Waals surface area contributed by atoms with Crippen LogP contribution in [0.2, 0.25) is 0 Å². The summed E-state index contributed by atoms with van der Waals surface area (Å²) in [6.45, 7) is 1.84. The van der Waals surface area contributed by atoms with E-state index in [2.05, 4.69) is 11.8 Å². The first-order chi connectivity index (χ1) is 6.83. The van der Waals surface area contributed by atoms with E-state index >= 15 is 0 Å². The quantitative estimate of drug-likeness (QED) is 0.495. The van der Waals surface area contributed by atoms with Crippen molar-refractivity contribution in [3.05, 3.63) is 0 Å². The minimum absolute atomic E-state index is 0.0531. The van der Waals surface area contributed by atoms with E-state index in [1.54, 1.807) is 0 Å². The maximum Gasteiger partial charge on any atom is 0.305 e. The number of esters is 1. The average molecular weight is 192 g/mol. The molecule has 0 spiro atoms. The SMILES string of the molecule is CCC(=O)OC1C2CCC#CCCC21. The molecule has 0 N–H and O–H groups in total. The minimum atomic E-state index is -0.0531. The van der Waals surface area contributed by atoms with E-state index < -0.39 is 0 Å². The summed E-state index contributed by atoms with van der Waals surface area (Å²) in [5.41, 5.74) is 0. The second-order valence-electron chi connectivity index (χ2n) is 4.07. The van der Waals surface area contributed by atoms with Crippen molar-refractivity contribution in [2.24, 2.45) is 11.8 Å². The third kappa shape index (κ3) is 1.92. The van der Waals surface area contributed by atoms with Gasteiger partial charge in [0.25, 0.3) is 0 Å². The molecule has 1 saturated carbocycles. The Balaban J connectivity index is 1.85. The van der Waals surface area contributed by atoms with Gasteiger partial charge in [0.2, 0.25) is 0 Å². The fraction of sp³-hybridized carbons (Fsp3) is 0.750. The normalized spacial score (nSPS) is 34.2. The molecule has 0 radical (unpaired) electrons. The Kier molecular flexibility index (Phi) is 2.77. The van der Waals surface area contributed by atoms with E-state index in [0.29, 0.717) is 18.3 Å². The van der Waals surface area contributed by atoms with Gasteiger partial charge in [-0.1, -0.05) is 6.92 Å². The van der Waals surface area contributed by atoms with Crippen molar-refractivity contribution in [3.63, 3.8) is 0 Å². The molecule has 2 aliphatic rings. The molecule has 2 rings (SSSR count). The van der Waals surface area contributed by atoms with Gasteiger partial charge in [0, 0.05) is 31.1 Å². The van der Waals surface area contributed by atoms with Gasteiger partial charge in [0.15, 0.2) is 0 Å². The predicted octanol–water partition coefficient (Wildman–Crippen LogP) is 2.13. The zero-order chi connectivity index (χ0) is 9.97. The van der Waals surface area contributed by atoms with Crippen LogP contribution in [0.4, 0.5) is 0 Å². The highest BCUT2D eigenvalue weighted by Gasteiger charge is 2.51. The Bertz CT molecular complexity index is 266. The van der Waals surface area contributed by atoms with Gasteiger partial charge in [0.1, 0.15) is 6.10 Å². The van der Waals surface area contributed by atoms with Crippen LogP contribution in [-0.2, 0) is 9.53 Å². The van der Waals surface area contributed by atoms with Gasteiger partial charge in [-0.05, 0) is 12.8 Å². The van der Waals surface area contributed by atoms with Gasteiger partial charge in [0.05, 0.1) is 0 Å². The Labute approximate surface area is 85.0 Å². The number of fused-ring (bicyclic) bond motifs is 1. The Morgan fingerprint density at radius 3 is 2.36 bits per heavy atom. The molecule has 0 aromatic carbocycles. The molecule has 0 aromatic heterocycles. The Morgan fingerprint density at radius 2 is 1.86 bits per heavy atom. The zero-order valence-corrected chi connectivity index (χ0v) is 8.58. The molecule has 0 aliphatic heterocycles.